The molecular weight excluding hydrogens is 286 g/mol. The van der Waals surface area contributed by atoms with E-state index in [4.69, 9.17) is 4.74 Å². The fourth-order valence-corrected chi connectivity index (χ4v) is 2.21. The van der Waals surface area contributed by atoms with Gasteiger partial charge in [0.1, 0.15) is 5.75 Å². The van der Waals surface area contributed by atoms with Crippen LogP contribution in [0.5, 0.6) is 5.75 Å². The van der Waals surface area contributed by atoms with Crippen molar-refractivity contribution < 1.29 is 19.1 Å². The number of nitrogens with one attached hydrogen (secondary N) is 2. The Morgan fingerprint density at radius 2 is 2.00 bits per heavy atom. The topological polar surface area (TPSA) is 87.7 Å². The van der Waals surface area contributed by atoms with Crippen LogP contribution < -0.4 is 20.3 Å². The lowest BCUT2D eigenvalue weighted by molar-refractivity contribution is -0.131. The van der Waals surface area contributed by atoms with E-state index in [1.54, 1.807) is 31.2 Å². The lowest BCUT2D eigenvalue weighted by atomic mass is 10.1. The number of carbonyl (C=O) groups excluding carboxylic acids is 3. The second kappa shape index (κ2) is 6.93. The summed E-state index contributed by atoms with van der Waals surface area (Å²) in [7, 11) is 0. The molecule has 0 aliphatic carbocycles. The monoisotopic (exact) mass is 305 g/mol. The number of hydrogen-bond donors (Lipinski definition) is 2. The number of ether oxygens (including phenoxy) is 1. The maximum Gasteiger partial charge on any atom is 0.263 e. The molecule has 1 aromatic carbocycles. The standard InChI is InChI=1S/C15H19N3O4/c1-3-16-14(20)8-17-15(21)13-9-18(10(2)19)11-6-4-5-7-12(11)22-13/h4-7,13H,3,8-9H2,1-2H3,(H,16,20)(H,17,21)/t13-/m1/s1. The van der Waals surface area contributed by atoms with Crippen LogP contribution in [-0.2, 0) is 14.4 Å². The number of para-hydroxylation sites is 2. The Hall–Kier alpha value is -2.57. The van der Waals surface area contributed by atoms with E-state index in [9.17, 15) is 14.4 Å². The van der Waals surface area contributed by atoms with Crippen LogP contribution in [0.2, 0.25) is 0 Å². The first kappa shape index (κ1) is 15.8. The molecule has 0 spiro atoms. The molecule has 7 nitrogen and oxygen atoms in total. The second-order valence-electron chi connectivity index (χ2n) is 4.88. The highest BCUT2D eigenvalue weighted by atomic mass is 16.5. The summed E-state index contributed by atoms with van der Waals surface area (Å²) in [4.78, 5) is 36.8. The molecule has 0 bridgehead atoms. The molecule has 118 valence electrons. The van der Waals surface area contributed by atoms with Crippen molar-refractivity contribution >= 4 is 23.4 Å². The van der Waals surface area contributed by atoms with Gasteiger partial charge in [0.05, 0.1) is 18.8 Å². The summed E-state index contributed by atoms with van der Waals surface area (Å²) in [5, 5.41) is 5.10. The SMILES string of the molecule is CCNC(=O)CNC(=O)[C@H]1CN(C(C)=O)c2ccccc2O1. The van der Waals surface area contributed by atoms with Gasteiger partial charge in [-0.25, -0.2) is 0 Å². The number of nitrogens with zero attached hydrogens (tertiary/aromatic N) is 1. The van der Waals surface area contributed by atoms with Gasteiger partial charge in [-0.05, 0) is 19.1 Å². The zero-order valence-electron chi connectivity index (χ0n) is 12.6. The normalized spacial score (nSPS) is 16.3. The lowest BCUT2D eigenvalue weighted by Gasteiger charge is -2.33. The third-order valence-electron chi connectivity index (χ3n) is 3.24. The van der Waals surface area contributed by atoms with Gasteiger partial charge in [0, 0.05) is 13.5 Å². The average molecular weight is 305 g/mol. The molecule has 2 N–H and O–H groups in total. The van der Waals surface area contributed by atoms with Gasteiger partial charge in [-0.15, -0.1) is 0 Å². The molecule has 0 radical (unpaired) electrons. The number of carbonyl (C=O) groups is 3. The molecule has 0 saturated carbocycles. The maximum absolute atomic E-state index is 12.1. The summed E-state index contributed by atoms with van der Waals surface area (Å²) in [6, 6.07) is 7.04. The zero-order chi connectivity index (χ0) is 16.1. The lowest BCUT2D eigenvalue weighted by Crippen LogP contribution is -2.51. The summed E-state index contributed by atoms with van der Waals surface area (Å²) < 4.78 is 5.63. The molecule has 0 saturated heterocycles. The van der Waals surface area contributed by atoms with Gasteiger partial charge >= 0.3 is 0 Å². The fourth-order valence-electron chi connectivity index (χ4n) is 2.21. The van der Waals surface area contributed by atoms with Gasteiger partial charge in [0.25, 0.3) is 5.91 Å². The quantitative estimate of drug-likeness (QED) is 0.823. The summed E-state index contributed by atoms with van der Waals surface area (Å²) in [5.41, 5.74) is 0.641. The Kier molecular flexibility index (Phi) is 4.98. The van der Waals surface area contributed by atoms with Crippen molar-refractivity contribution in [3.8, 4) is 5.75 Å². The van der Waals surface area contributed by atoms with Gasteiger partial charge in [-0.2, -0.15) is 0 Å². The minimum Gasteiger partial charge on any atom is -0.477 e. The number of likely N-dealkylation sites (N-methyl/N-ethyl adjacent to an activating group) is 1. The van der Waals surface area contributed by atoms with Crippen molar-refractivity contribution in [2.75, 3.05) is 24.5 Å². The van der Waals surface area contributed by atoms with Crippen LogP contribution in [0, 0.1) is 0 Å². The van der Waals surface area contributed by atoms with E-state index < -0.39 is 12.0 Å². The first-order chi connectivity index (χ1) is 10.5. The third kappa shape index (κ3) is 3.55. The van der Waals surface area contributed by atoms with Crippen molar-refractivity contribution in [3.63, 3.8) is 0 Å². The first-order valence-electron chi connectivity index (χ1n) is 7.11. The number of rotatable bonds is 4. The number of anilines is 1. The highest BCUT2D eigenvalue weighted by Crippen LogP contribution is 2.33. The summed E-state index contributed by atoms with van der Waals surface area (Å²) in [5.74, 6) is -0.387. The Bertz CT molecular complexity index is 588. The van der Waals surface area contributed by atoms with Gasteiger partial charge in [0.2, 0.25) is 11.8 Å². The fraction of sp³-hybridized carbons (Fsp3) is 0.400. The van der Waals surface area contributed by atoms with Crippen LogP contribution >= 0.6 is 0 Å². The average Bonchev–Trinajstić information content (AvgIpc) is 2.51. The Balaban J connectivity index is 2.06. The number of fused-ring (bicyclic) bond motifs is 1. The molecule has 0 fully saturated rings. The molecule has 3 amide bonds. The van der Waals surface area contributed by atoms with Gasteiger partial charge in [0.15, 0.2) is 6.10 Å². The summed E-state index contributed by atoms with van der Waals surface area (Å²) >= 11 is 0. The summed E-state index contributed by atoms with van der Waals surface area (Å²) in [6.07, 6.45) is -0.840. The number of benzene rings is 1. The molecule has 7 heteroatoms. The zero-order valence-corrected chi connectivity index (χ0v) is 12.6. The van der Waals surface area contributed by atoms with Crippen LogP contribution in [0.4, 0.5) is 5.69 Å². The number of amides is 3. The van der Waals surface area contributed by atoms with Crippen LogP contribution in [0.15, 0.2) is 24.3 Å². The van der Waals surface area contributed by atoms with Crippen molar-refractivity contribution in [1.82, 2.24) is 10.6 Å². The molecule has 1 aliphatic heterocycles. The summed E-state index contributed by atoms with van der Waals surface area (Å²) in [6.45, 7) is 3.74. The van der Waals surface area contributed by atoms with Crippen molar-refractivity contribution in [2.24, 2.45) is 0 Å². The minimum atomic E-state index is -0.840. The molecule has 0 aromatic heterocycles. The molecule has 1 atom stereocenters. The van der Waals surface area contributed by atoms with E-state index in [0.29, 0.717) is 18.0 Å². The van der Waals surface area contributed by atoms with Gasteiger partial charge in [-0.3, -0.25) is 14.4 Å². The van der Waals surface area contributed by atoms with E-state index in [0.717, 1.165) is 0 Å². The smallest absolute Gasteiger partial charge is 0.263 e. The van der Waals surface area contributed by atoms with Crippen LogP contribution in [0.3, 0.4) is 0 Å². The molecular formula is C15H19N3O4. The highest BCUT2D eigenvalue weighted by Gasteiger charge is 2.32. The van der Waals surface area contributed by atoms with Crippen molar-refractivity contribution in [3.05, 3.63) is 24.3 Å². The number of hydrogen-bond acceptors (Lipinski definition) is 4. The van der Waals surface area contributed by atoms with E-state index >= 15 is 0 Å². The van der Waals surface area contributed by atoms with E-state index in [1.165, 1.54) is 11.8 Å². The Labute approximate surface area is 128 Å². The van der Waals surface area contributed by atoms with Crippen LogP contribution in [0.1, 0.15) is 13.8 Å². The predicted octanol–water partition coefficient (Wildman–Crippen LogP) is 0.0528. The Morgan fingerprint density at radius 3 is 2.68 bits per heavy atom. The minimum absolute atomic E-state index is 0.117. The molecule has 0 unspecified atom stereocenters. The predicted molar refractivity (Wildman–Crippen MR) is 80.6 cm³/mol. The molecule has 1 heterocycles. The molecule has 2 rings (SSSR count). The van der Waals surface area contributed by atoms with Crippen LogP contribution in [-0.4, -0.2) is 43.5 Å². The van der Waals surface area contributed by atoms with E-state index in [1.807, 2.05) is 0 Å². The third-order valence-corrected chi connectivity index (χ3v) is 3.24. The van der Waals surface area contributed by atoms with Gasteiger partial charge < -0.3 is 20.3 Å². The molecule has 1 aromatic rings. The van der Waals surface area contributed by atoms with Crippen molar-refractivity contribution in [2.45, 2.75) is 20.0 Å². The van der Waals surface area contributed by atoms with E-state index in [-0.39, 0.29) is 24.9 Å². The molecule has 1 aliphatic rings. The van der Waals surface area contributed by atoms with Crippen LogP contribution in [0.25, 0.3) is 0 Å². The first-order valence-corrected chi connectivity index (χ1v) is 7.11. The molecule has 22 heavy (non-hydrogen) atoms. The second-order valence-corrected chi connectivity index (χ2v) is 4.88. The van der Waals surface area contributed by atoms with Gasteiger partial charge in [-0.1, -0.05) is 12.1 Å². The van der Waals surface area contributed by atoms with Crippen molar-refractivity contribution in [1.29, 1.82) is 0 Å². The Morgan fingerprint density at radius 1 is 1.27 bits per heavy atom. The highest BCUT2D eigenvalue weighted by molar-refractivity contribution is 5.96. The largest absolute Gasteiger partial charge is 0.477 e. The van der Waals surface area contributed by atoms with E-state index in [2.05, 4.69) is 10.6 Å². The maximum atomic E-state index is 12.1.